The van der Waals surface area contributed by atoms with E-state index >= 15 is 0 Å². The van der Waals surface area contributed by atoms with Crippen LogP contribution in [0.2, 0.25) is 0 Å². The van der Waals surface area contributed by atoms with E-state index in [1.807, 2.05) is 0 Å². The van der Waals surface area contributed by atoms with E-state index in [-0.39, 0.29) is 0 Å². The lowest BCUT2D eigenvalue weighted by atomic mass is 10.2. The van der Waals surface area contributed by atoms with E-state index < -0.39 is 26.7 Å². The standard InChI is InChI=1S/C7H5F3NO2S/c8-7(9,10)5-2-1-3-6(4-5)14(11,12)13/h1-4,11H. The smallest absolute Gasteiger partial charge is 0.206 e. The van der Waals surface area contributed by atoms with Crippen LogP contribution in [0.4, 0.5) is 13.2 Å². The van der Waals surface area contributed by atoms with Crippen molar-refractivity contribution in [3.8, 4) is 0 Å². The first-order chi connectivity index (χ1) is 6.21. The van der Waals surface area contributed by atoms with E-state index in [0.29, 0.717) is 6.07 Å². The summed E-state index contributed by atoms with van der Waals surface area (Å²) >= 11 is 0. The van der Waals surface area contributed by atoms with Crippen LogP contribution in [0.25, 0.3) is 0 Å². The minimum atomic E-state index is -4.60. The average Bonchev–Trinajstić information content (AvgIpc) is 2.01. The summed E-state index contributed by atoms with van der Waals surface area (Å²) in [4.78, 5) is -0.660. The van der Waals surface area contributed by atoms with E-state index in [2.05, 4.69) is 0 Å². The maximum atomic E-state index is 12.1. The van der Waals surface area contributed by atoms with E-state index in [1.165, 1.54) is 0 Å². The zero-order valence-electron chi connectivity index (χ0n) is 6.67. The lowest BCUT2D eigenvalue weighted by Gasteiger charge is -2.06. The molecule has 0 atom stereocenters. The van der Waals surface area contributed by atoms with Crippen molar-refractivity contribution in [2.75, 3.05) is 0 Å². The van der Waals surface area contributed by atoms with Crippen molar-refractivity contribution in [3.05, 3.63) is 29.8 Å². The van der Waals surface area contributed by atoms with Crippen LogP contribution in [-0.2, 0) is 16.2 Å². The monoisotopic (exact) mass is 224 g/mol. The third kappa shape index (κ3) is 2.46. The SMILES string of the molecule is [NH]S(=O)(=O)c1cccc(C(F)(F)F)c1. The normalized spacial score (nSPS) is 12.9. The summed E-state index contributed by atoms with van der Waals surface area (Å²) in [7, 11) is -4.34. The van der Waals surface area contributed by atoms with Crippen molar-refractivity contribution in [2.45, 2.75) is 11.1 Å². The first-order valence-electron chi connectivity index (χ1n) is 3.38. The largest absolute Gasteiger partial charge is 0.416 e. The molecule has 0 unspecified atom stereocenters. The highest BCUT2D eigenvalue weighted by atomic mass is 32.2. The molecule has 0 fully saturated rings. The summed E-state index contributed by atoms with van der Waals surface area (Å²) in [6, 6.07) is 3.07. The summed E-state index contributed by atoms with van der Waals surface area (Å²) in [5.41, 5.74) is -1.08. The van der Waals surface area contributed by atoms with Crippen molar-refractivity contribution in [1.82, 2.24) is 5.14 Å². The van der Waals surface area contributed by atoms with Crippen LogP contribution in [0.1, 0.15) is 5.56 Å². The second-order valence-electron chi connectivity index (χ2n) is 2.53. The van der Waals surface area contributed by atoms with Gasteiger partial charge >= 0.3 is 6.18 Å². The van der Waals surface area contributed by atoms with Crippen LogP contribution in [-0.4, -0.2) is 8.42 Å². The van der Waals surface area contributed by atoms with Gasteiger partial charge in [0.1, 0.15) is 0 Å². The summed E-state index contributed by atoms with van der Waals surface area (Å²) in [6.45, 7) is 0. The lowest BCUT2D eigenvalue weighted by molar-refractivity contribution is -0.137. The molecular formula is C7H5F3NO2S. The Hall–Kier alpha value is -1.08. The molecule has 14 heavy (non-hydrogen) atoms. The van der Waals surface area contributed by atoms with Gasteiger partial charge in [-0.2, -0.15) is 13.2 Å². The Labute approximate surface area is 78.4 Å². The third-order valence-corrected chi connectivity index (χ3v) is 2.35. The molecule has 1 rings (SSSR count). The molecule has 0 heterocycles. The molecule has 1 aromatic carbocycles. The summed E-state index contributed by atoms with van der Waals surface area (Å²) in [5, 5.41) is 6.58. The number of rotatable bonds is 1. The zero-order valence-corrected chi connectivity index (χ0v) is 7.48. The molecule has 0 amide bonds. The molecule has 7 heteroatoms. The number of sulfonamides is 1. The first kappa shape index (κ1) is 11.0. The van der Waals surface area contributed by atoms with Gasteiger partial charge in [0, 0.05) is 0 Å². The molecule has 1 radical (unpaired) electrons. The highest BCUT2D eigenvalue weighted by molar-refractivity contribution is 7.88. The van der Waals surface area contributed by atoms with Gasteiger partial charge in [-0.1, -0.05) is 6.07 Å². The molecule has 0 aliphatic rings. The molecule has 0 spiro atoms. The van der Waals surface area contributed by atoms with Gasteiger partial charge in [-0.05, 0) is 18.2 Å². The fourth-order valence-electron chi connectivity index (χ4n) is 0.840. The van der Waals surface area contributed by atoms with Crippen molar-refractivity contribution >= 4 is 10.0 Å². The number of hydrogen-bond acceptors (Lipinski definition) is 2. The minimum absolute atomic E-state index is 0.433. The van der Waals surface area contributed by atoms with E-state index in [9.17, 15) is 21.6 Å². The molecule has 3 nitrogen and oxygen atoms in total. The van der Waals surface area contributed by atoms with Crippen LogP contribution >= 0.6 is 0 Å². The predicted octanol–water partition coefficient (Wildman–Crippen LogP) is 1.68. The van der Waals surface area contributed by atoms with Gasteiger partial charge in [-0.25, -0.2) is 8.42 Å². The molecule has 0 saturated carbocycles. The van der Waals surface area contributed by atoms with Crippen LogP contribution < -0.4 is 5.14 Å². The summed E-state index contributed by atoms with van der Waals surface area (Å²) in [5.74, 6) is 0. The highest BCUT2D eigenvalue weighted by Gasteiger charge is 2.31. The van der Waals surface area contributed by atoms with Crippen LogP contribution in [0, 0.1) is 0 Å². The minimum Gasteiger partial charge on any atom is -0.206 e. The van der Waals surface area contributed by atoms with Gasteiger partial charge in [-0.3, -0.25) is 0 Å². The first-order valence-corrected chi connectivity index (χ1v) is 4.86. The van der Waals surface area contributed by atoms with Gasteiger partial charge in [0.2, 0.25) is 0 Å². The second kappa shape index (κ2) is 3.25. The molecule has 1 N–H and O–H groups in total. The fourth-order valence-corrected chi connectivity index (χ4v) is 1.38. The van der Waals surface area contributed by atoms with Crippen molar-refractivity contribution in [1.29, 1.82) is 0 Å². The summed E-state index contributed by atoms with van der Waals surface area (Å²) < 4.78 is 57.5. The van der Waals surface area contributed by atoms with Gasteiger partial charge in [0.15, 0.2) is 0 Å². The predicted molar refractivity (Wildman–Crippen MR) is 41.7 cm³/mol. The fraction of sp³-hybridized carbons (Fsp3) is 0.143. The van der Waals surface area contributed by atoms with Crippen LogP contribution in [0.5, 0.6) is 0 Å². The van der Waals surface area contributed by atoms with E-state index in [0.717, 1.165) is 18.2 Å². The van der Waals surface area contributed by atoms with Crippen molar-refractivity contribution in [3.63, 3.8) is 0 Å². The van der Waals surface area contributed by atoms with E-state index in [1.54, 1.807) is 0 Å². The van der Waals surface area contributed by atoms with Gasteiger partial charge in [-0.15, -0.1) is 5.14 Å². The number of alkyl halides is 3. The Morgan fingerprint density at radius 3 is 2.21 bits per heavy atom. The number of nitrogens with one attached hydrogen (secondary N) is 1. The lowest BCUT2D eigenvalue weighted by Crippen LogP contribution is -2.07. The van der Waals surface area contributed by atoms with Crippen molar-refractivity contribution < 1.29 is 21.6 Å². The molecule has 0 bridgehead atoms. The van der Waals surface area contributed by atoms with Gasteiger partial charge in [0.25, 0.3) is 10.0 Å². The third-order valence-electron chi connectivity index (χ3n) is 1.47. The van der Waals surface area contributed by atoms with Crippen molar-refractivity contribution in [2.24, 2.45) is 0 Å². The van der Waals surface area contributed by atoms with E-state index in [4.69, 9.17) is 5.14 Å². The Balaban J connectivity index is 3.29. The Bertz CT molecular complexity index is 438. The molecule has 77 valence electrons. The zero-order chi connectivity index (χ0) is 11.0. The molecular weight excluding hydrogens is 219 g/mol. The maximum Gasteiger partial charge on any atom is 0.416 e. The van der Waals surface area contributed by atoms with Crippen LogP contribution in [0.15, 0.2) is 29.2 Å². The highest BCUT2D eigenvalue weighted by Crippen LogP contribution is 2.30. The van der Waals surface area contributed by atoms with Gasteiger partial charge < -0.3 is 0 Å². The maximum absolute atomic E-state index is 12.1. The Morgan fingerprint density at radius 1 is 1.21 bits per heavy atom. The second-order valence-corrected chi connectivity index (χ2v) is 4.01. The molecule has 0 aliphatic carbocycles. The molecule has 1 aromatic rings. The number of hydrogen-bond donors (Lipinski definition) is 0. The summed E-state index contributed by atoms with van der Waals surface area (Å²) in [6.07, 6.45) is -4.60. The Kier molecular flexibility index (Phi) is 2.55. The Morgan fingerprint density at radius 2 is 1.79 bits per heavy atom. The molecule has 0 aromatic heterocycles. The quantitative estimate of drug-likeness (QED) is 0.728. The van der Waals surface area contributed by atoms with Gasteiger partial charge in [0.05, 0.1) is 10.5 Å². The molecule has 0 saturated heterocycles. The average molecular weight is 224 g/mol. The van der Waals surface area contributed by atoms with Crippen LogP contribution in [0.3, 0.4) is 0 Å². The topological polar surface area (TPSA) is 57.9 Å². The number of halogens is 3. The molecule has 0 aliphatic heterocycles. The number of benzene rings is 1.